The molecule has 2 amide bonds. The fourth-order valence-corrected chi connectivity index (χ4v) is 2.28. The van der Waals surface area contributed by atoms with Crippen molar-refractivity contribution < 1.29 is 19.4 Å². The maximum atomic E-state index is 11.6. The first-order valence-electron chi connectivity index (χ1n) is 6.61. The highest BCUT2D eigenvalue weighted by atomic mass is 16.5. The van der Waals surface area contributed by atoms with E-state index in [1.54, 1.807) is 0 Å². The van der Waals surface area contributed by atoms with Crippen LogP contribution >= 0.6 is 0 Å². The normalized spacial score (nSPS) is 17.8. The highest BCUT2D eigenvalue weighted by Crippen LogP contribution is 2.16. The van der Waals surface area contributed by atoms with E-state index >= 15 is 0 Å². The molecule has 2 rings (SSSR count). The molecule has 0 aliphatic carbocycles. The van der Waals surface area contributed by atoms with Crippen molar-refractivity contribution in [3.8, 4) is 0 Å². The van der Waals surface area contributed by atoms with E-state index in [4.69, 9.17) is 9.84 Å². The predicted octanol–water partition coefficient (Wildman–Crippen LogP) is 2.06. The molecule has 20 heavy (non-hydrogen) atoms. The van der Waals surface area contributed by atoms with Gasteiger partial charge in [0.05, 0.1) is 6.04 Å². The Morgan fingerprint density at radius 1 is 1.35 bits per heavy atom. The van der Waals surface area contributed by atoms with Crippen LogP contribution in [0.15, 0.2) is 30.3 Å². The maximum absolute atomic E-state index is 11.6. The minimum Gasteiger partial charge on any atom is -0.465 e. The molecule has 0 saturated carbocycles. The number of likely N-dealkylation sites (tertiary alicyclic amines) is 1. The molecule has 1 aliphatic rings. The number of nitrogens with one attached hydrogen (secondary N) is 1. The van der Waals surface area contributed by atoms with Crippen molar-refractivity contribution in [2.24, 2.45) is 0 Å². The second kappa shape index (κ2) is 6.79. The van der Waals surface area contributed by atoms with E-state index in [1.807, 2.05) is 30.3 Å². The van der Waals surface area contributed by atoms with Gasteiger partial charge in [-0.3, -0.25) is 0 Å². The van der Waals surface area contributed by atoms with Gasteiger partial charge in [0.2, 0.25) is 0 Å². The maximum Gasteiger partial charge on any atom is 0.407 e. The Labute approximate surface area is 117 Å². The van der Waals surface area contributed by atoms with Crippen LogP contribution in [0.3, 0.4) is 0 Å². The number of ether oxygens (including phenoxy) is 1. The van der Waals surface area contributed by atoms with Gasteiger partial charge in [0.1, 0.15) is 6.61 Å². The number of alkyl carbamates (subject to hydrolysis) is 1. The van der Waals surface area contributed by atoms with Crippen LogP contribution < -0.4 is 5.32 Å². The molecule has 6 nitrogen and oxygen atoms in total. The minimum absolute atomic E-state index is 0.156. The van der Waals surface area contributed by atoms with Crippen LogP contribution in [0.2, 0.25) is 0 Å². The molecule has 1 aromatic carbocycles. The molecular formula is C14H18N2O4. The summed E-state index contributed by atoms with van der Waals surface area (Å²) in [7, 11) is 0. The lowest BCUT2D eigenvalue weighted by molar-refractivity contribution is 0.127. The summed E-state index contributed by atoms with van der Waals surface area (Å²) in [5.74, 6) is 0. The summed E-state index contributed by atoms with van der Waals surface area (Å²) < 4.78 is 5.07. The first kappa shape index (κ1) is 14.2. The highest BCUT2D eigenvalue weighted by Gasteiger charge is 2.28. The van der Waals surface area contributed by atoms with Gasteiger partial charge in [0.15, 0.2) is 0 Å². The smallest absolute Gasteiger partial charge is 0.407 e. The highest BCUT2D eigenvalue weighted by molar-refractivity contribution is 5.68. The van der Waals surface area contributed by atoms with Gasteiger partial charge < -0.3 is 20.1 Å². The summed E-state index contributed by atoms with van der Waals surface area (Å²) in [6.07, 6.45) is 0.140. The number of hydrogen-bond donors (Lipinski definition) is 2. The fraction of sp³-hybridized carbons (Fsp3) is 0.429. The van der Waals surface area contributed by atoms with Gasteiger partial charge in [-0.25, -0.2) is 9.59 Å². The monoisotopic (exact) mass is 278 g/mol. The van der Waals surface area contributed by atoms with Crippen molar-refractivity contribution in [3.05, 3.63) is 35.9 Å². The minimum atomic E-state index is -0.938. The van der Waals surface area contributed by atoms with Gasteiger partial charge in [-0.15, -0.1) is 0 Å². The molecule has 0 radical (unpaired) electrons. The zero-order chi connectivity index (χ0) is 14.4. The van der Waals surface area contributed by atoms with E-state index in [-0.39, 0.29) is 12.6 Å². The van der Waals surface area contributed by atoms with Crippen LogP contribution in [0.25, 0.3) is 0 Å². The van der Waals surface area contributed by atoms with Gasteiger partial charge in [0.25, 0.3) is 0 Å². The number of benzene rings is 1. The molecule has 0 aromatic heterocycles. The van der Waals surface area contributed by atoms with Gasteiger partial charge in [-0.2, -0.15) is 0 Å². The van der Waals surface area contributed by atoms with Gasteiger partial charge >= 0.3 is 12.2 Å². The quantitative estimate of drug-likeness (QED) is 0.883. The average Bonchev–Trinajstić information content (AvgIpc) is 2.92. The lowest BCUT2D eigenvalue weighted by Crippen LogP contribution is -2.42. The summed E-state index contributed by atoms with van der Waals surface area (Å²) in [6.45, 7) is 1.03. The van der Waals surface area contributed by atoms with Crippen LogP contribution in [0.5, 0.6) is 0 Å². The van der Waals surface area contributed by atoms with E-state index in [0.717, 1.165) is 18.4 Å². The molecule has 1 fully saturated rings. The molecular weight excluding hydrogens is 260 g/mol. The number of rotatable bonds is 4. The first-order chi connectivity index (χ1) is 9.66. The fourth-order valence-electron chi connectivity index (χ4n) is 2.28. The number of carbonyl (C=O) groups excluding carboxylic acids is 1. The van der Waals surface area contributed by atoms with E-state index in [0.29, 0.717) is 13.1 Å². The topological polar surface area (TPSA) is 78.9 Å². The van der Waals surface area contributed by atoms with E-state index in [9.17, 15) is 9.59 Å². The van der Waals surface area contributed by atoms with Crippen molar-refractivity contribution in [2.45, 2.75) is 25.5 Å². The zero-order valence-corrected chi connectivity index (χ0v) is 11.1. The van der Waals surface area contributed by atoms with Crippen molar-refractivity contribution in [1.82, 2.24) is 10.2 Å². The molecule has 6 heteroatoms. The van der Waals surface area contributed by atoms with Crippen LogP contribution in [0.1, 0.15) is 18.4 Å². The molecule has 1 atom stereocenters. The molecule has 0 bridgehead atoms. The lowest BCUT2D eigenvalue weighted by atomic mass is 10.2. The standard InChI is InChI=1S/C14H18N2O4/c17-13(20-10-11-5-2-1-3-6-11)15-9-12-7-4-8-16(12)14(18)19/h1-3,5-6,12H,4,7-10H2,(H,15,17)(H,18,19). The van der Waals surface area contributed by atoms with E-state index in [2.05, 4.69) is 5.32 Å². The van der Waals surface area contributed by atoms with Gasteiger partial charge in [-0.05, 0) is 18.4 Å². The van der Waals surface area contributed by atoms with Crippen LogP contribution in [-0.2, 0) is 11.3 Å². The first-order valence-corrected chi connectivity index (χ1v) is 6.61. The molecule has 1 heterocycles. The third-order valence-electron chi connectivity index (χ3n) is 3.32. The number of amides is 2. The largest absolute Gasteiger partial charge is 0.465 e. The lowest BCUT2D eigenvalue weighted by Gasteiger charge is -2.21. The Hall–Kier alpha value is -2.24. The third-order valence-corrected chi connectivity index (χ3v) is 3.32. The molecule has 1 unspecified atom stereocenters. The van der Waals surface area contributed by atoms with Gasteiger partial charge in [0, 0.05) is 13.1 Å². The van der Waals surface area contributed by atoms with Crippen molar-refractivity contribution in [3.63, 3.8) is 0 Å². The SMILES string of the molecule is O=C(NCC1CCCN1C(=O)O)OCc1ccccc1. The van der Waals surface area contributed by atoms with Crippen LogP contribution in [-0.4, -0.2) is 41.3 Å². The van der Waals surface area contributed by atoms with Crippen LogP contribution in [0.4, 0.5) is 9.59 Å². The molecule has 1 aliphatic heterocycles. The Morgan fingerprint density at radius 2 is 2.10 bits per heavy atom. The Balaban J connectivity index is 1.71. The Kier molecular flexibility index (Phi) is 4.81. The summed E-state index contributed by atoms with van der Waals surface area (Å²) >= 11 is 0. The average molecular weight is 278 g/mol. The van der Waals surface area contributed by atoms with E-state index < -0.39 is 12.2 Å². The van der Waals surface area contributed by atoms with Gasteiger partial charge in [-0.1, -0.05) is 30.3 Å². The number of hydrogen-bond acceptors (Lipinski definition) is 3. The molecule has 1 saturated heterocycles. The van der Waals surface area contributed by atoms with Crippen molar-refractivity contribution in [1.29, 1.82) is 0 Å². The second-order valence-corrected chi connectivity index (χ2v) is 4.71. The molecule has 0 spiro atoms. The Morgan fingerprint density at radius 3 is 2.80 bits per heavy atom. The molecule has 2 N–H and O–H groups in total. The zero-order valence-electron chi connectivity index (χ0n) is 11.1. The second-order valence-electron chi connectivity index (χ2n) is 4.71. The summed E-state index contributed by atoms with van der Waals surface area (Å²) in [5.41, 5.74) is 0.913. The van der Waals surface area contributed by atoms with E-state index in [1.165, 1.54) is 4.90 Å². The number of carbonyl (C=O) groups is 2. The summed E-state index contributed by atoms with van der Waals surface area (Å²) in [4.78, 5) is 23.9. The molecule has 1 aromatic rings. The summed E-state index contributed by atoms with van der Waals surface area (Å²) in [6, 6.07) is 9.23. The molecule has 108 valence electrons. The number of carboxylic acid groups (broad SMARTS) is 1. The van der Waals surface area contributed by atoms with Crippen molar-refractivity contribution in [2.75, 3.05) is 13.1 Å². The third kappa shape index (κ3) is 3.88. The van der Waals surface area contributed by atoms with Crippen molar-refractivity contribution >= 4 is 12.2 Å². The van der Waals surface area contributed by atoms with Crippen LogP contribution in [0, 0.1) is 0 Å². The number of nitrogens with zero attached hydrogens (tertiary/aromatic N) is 1. The summed E-state index contributed by atoms with van der Waals surface area (Å²) in [5, 5.41) is 11.6. The predicted molar refractivity (Wildman–Crippen MR) is 72.4 cm³/mol. The Bertz CT molecular complexity index is 464.